The molecule has 2 aromatic rings. The molecule has 7 nitrogen and oxygen atoms in total. The average Bonchev–Trinajstić information content (AvgIpc) is 3.24. The SMILES string of the molecule is CNC(C)Cc1noc(-c2ccc(S(=O)(=O)N3CCC(C)CC3)s2)n1.Cl. The molecule has 0 aliphatic carbocycles. The number of piperidine rings is 1. The molecule has 146 valence electrons. The van der Waals surface area contributed by atoms with Crippen LogP contribution in [0.1, 0.15) is 32.5 Å². The number of thiophene rings is 1. The fourth-order valence-corrected chi connectivity index (χ4v) is 5.59. The maximum absolute atomic E-state index is 12.8. The van der Waals surface area contributed by atoms with Crippen molar-refractivity contribution < 1.29 is 12.9 Å². The number of nitrogens with zero attached hydrogens (tertiary/aromatic N) is 3. The van der Waals surface area contributed by atoms with E-state index in [0.29, 0.717) is 46.2 Å². The summed E-state index contributed by atoms with van der Waals surface area (Å²) in [6.07, 6.45) is 2.48. The van der Waals surface area contributed by atoms with E-state index in [9.17, 15) is 8.42 Å². The molecule has 26 heavy (non-hydrogen) atoms. The number of rotatable bonds is 6. The van der Waals surface area contributed by atoms with E-state index in [0.717, 1.165) is 12.8 Å². The van der Waals surface area contributed by atoms with E-state index in [1.165, 1.54) is 11.3 Å². The van der Waals surface area contributed by atoms with Gasteiger partial charge >= 0.3 is 0 Å². The van der Waals surface area contributed by atoms with Crippen molar-refractivity contribution in [3.63, 3.8) is 0 Å². The lowest BCUT2D eigenvalue weighted by Gasteiger charge is -2.28. The van der Waals surface area contributed by atoms with Gasteiger partial charge in [-0.05, 0) is 44.9 Å². The van der Waals surface area contributed by atoms with Crippen molar-refractivity contribution >= 4 is 33.8 Å². The monoisotopic (exact) mass is 420 g/mol. The molecule has 0 aromatic carbocycles. The van der Waals surface area contributed by atoms with Gasteiger partial charge in [0.05, 0.1) is 4.88 Å². The van der Waals surface area contributed by atoms with Crippen LogP contribution < -0.4 is 5.32 Å². The summed E-state index contributed by atoms with van der Waals surface area (Å²) in [7, 11) is -1.56. The summed E-state index contributed by atoms with van der Waals surface area (Å²) < 4.78 is 32.8. The van der Waals surface area contributed by atoms with E-state index >= 15 is 0 Å². The Bertz CT molecular complexity index is 813. The number of nitrogens with one attached hydrogen (secondary N) is 1. The Morgan fingerprint density at radius 2 is 2.08 bits per heavy atom. The first-order valence-electron chi connectivity index (χ1n) is 8.50. The summed E-state index contributed by atoms with van der Waals surface area (Å²) in [6.45, 7) is 5.37. The lowest BCUT2D eigenvalue weighted by Crippen LogP contribution is -2.37. The molecule has 0 bridgehead atoms. The van der Waals surface area contributed by atoms with Crippen LogP contribution >= 0.6 is 23.7 Å². The topological polar surface area (TPSA) is 88.3 Å². The third-order valence-electron chi connectivity index (χ3n) is 4.58. The largest absolute Gasteiger partial charge is 0.333 e. The van der Waals surface area contributed by atoms with Crippen LogP contribution in [0.4, 0.5) is 0 Å². The van der Waals surface area contributed by atoms with E-state index in [-0.39, 0.29) is 18.4 Å². The standard InChI is InChI=1S/C16H24N4O3S2.ClH/c1-11-6-8-20(9-7-11)25(21,22)15-5-4-13(24-15)16-18-14(19-23-16)10-12(2)17-3;/h4-5,11-12,17H,6-10H2,1-3H3;1H. The molecule has 1 fully saturated rings. The molecule has 1 unspecified atom stereocenters. The highest BCUT2D eigenvalue weighted by Crippen LogP contribution is 2.33. The number of aromatic nitrogens is 2. The Morgan fingerprint density at radius 3 is 2.73 bits per heavy atom. The molecule has 1 aliphatic rings. The number of hydrogen-bond donors (Lipinski definition) is 1. The molecule has 1 aliphatic heterocycles. The van der Waals surface area contributed by atoms with Crippen LogP contribution in [0.15, 0.2) is 20.9 Å². The number of hydrogen-bond acceptors (Lipinski definition) is 7. The molecule has 1 saturated heterocycles. The Hall–Kier alpha value is -1.00. The molecular weight excluding hydrogens is 396 g/mol. The fraction of sp³-hybridized carbons (Fsp3) is 0.625. The van der Waals surface area contributed by atoms with Crippen molar-refractivity contribution in [1.82, 2.24) is 19.8 Å². The summed E-state index contributed by atoms with van der Waals surface area (Å²) in [5.74, 6) is 1.57. The highest BCUT2D eigenvalue weighted by molar-refractivity contribution is 7.91. The second-order valence-electron chi connectivity index (χ2n) is 6.61. The maximum Gasteiger partial charge on any atom is 0.268 e. The van der Waals surface area contributed by atoms with Crippen molar-refractivity contribution in [3.8, 4) is 10.8 Å². The van der Waals surface area contributed by atoms with Crippen molar-refractivity contribution in [2.24, 2.45) is 5.92 Å². The van der Waals surface area contributed by atoms with Gasteiger partial charge in [-0.3, -0.25) is 0 Å². The van der Waals surface area contributed by atoms with Crippen LogP contribution in [-0.2, 0) is 16.4 Å². The lowest BCUT2D eigenvalue weighted by atomic mass is 10.0. The Kier molecular flexibility index (Phi) is 7.20. The predicted molar refractivity (Wildman–Crippen MR) is 104 cm³/mol. The van der Waals surface area contributed by atoms with Gasteiger partial charge in [-0.1, -0.05) is 12.1 Å². The van der Waals surface area contributed by atoms with Crippen molar-refractivity contribution in [2.75, 3.05) is 20.1 Å². The number of likely N-dealkylation sites (N-methyl/N-ethyl adjacent to an activating group) is 1. The zero-order valence-corrected chi connectivity index (χ0v) is 17.6. The summed E-state index contributed by atoms with van der Waals surface area (Å²) in [5.41, 5.74) is 0. The van der Waals surface area contributed by atoms with Gasteiger partial charge in [0.1, 0.15) is 4.21 Å². The second-order valence-corrected chi connectivity index (χ2v) is 9.86. The quantitative estimate of drug-likeness (QED) is 0.772. The van der Waals surface area contributed by atoms with E-state index in [4.69, 9.17) is 4.52 Å². The number of sulfonamides is 1. The van der Waals surface area contributed by atoms with E-state index in [2.05, 4.69) is 22.4 Å². The lowest BCUT2D eigenvalue weighted by molar-refractivity contribution is 0.288. The van der Waals surface area contributed by atoms with E-state index in [1.807, 2.05) is 14.0 Å². The minimum atomic E-state index is -3.44. The molecule has 0 saturated carbocycles. The van der Waals surface area contributed by atoms with Crippen LogP contribution in [0.2, 0.25) is 0 Å². The Morgan fingerprint density at radius 1 is 1.38 bits per heavy atom. The maximum atomic E-state index is 12.8. The van der Waals surface area contributed by atoms with Gasteiger partial charge in [-0.15, -0.1) is 23.7 Å². The molecule has 1 atom stereocenters. The predicted octanol–water partition coefficient (Wildman–Crippen LogP) is 2.79. The first kappa shape index (κ1) is 21.3. The average molecular weight is 421 g/mol. The van der Waals surface area contributed by atoms with Crippen molar-refractivity contribution in [3.05, 3.63) is 18.0 Å². The first-order valence-corrected chi connectivity index (χ1v) is 10.8. The van der Waals surface area contributed by atoms with Gasteiger partial charge < -0.3 is 9.84 Å². The minimum Gasteiger partial charge on any atom is -0.333 e. The summed E-state index contributed by atoms with van der Waals surface area (Å²) in [6, 6.07) is 3.61. The summed E-state index contributed by atoms with van der Waals surface area (Å²) >= 11 is 1.18. The molecule has 2 aromatic heterocycles. The van der Waals surface area contributed by atoms with Gasteiger partial charge in [-0.2, -0.15) is 9.29 Å². The zero-order valence-electron chi connectivity index (χ0n) is 15.1. The Labute approximate surface area is 164 Å². The Balaban J connectivity index is 0.00000243. The van der Waals surface area contributed by atoms with Crippen LogP contribution in [0.3, 0.4) is 0 Å². The molecule has 3 heterocycles. The van der Waals surface area contributed by atoms with E-state index in [1.54, 1.807) is 16.4 Å². The van der Waals surface area contributed by atoms with Crippen molar-refractivity contribution in [1.29, 1.82) is 0 Å². The van der Waals surface area contributed by atoms with Crippen LogP contribution in [-0.4, -0.2) is 49.0 Å². The highest BCUT2D eigenvalue weighted by atomic mass is 35.5. The van der Waals surface area contributed by atoms with Gasteiger partial charge in [-0.25, -0.2) is 8.42 Å². The third-order valence-corrected chi connectivity index (χ3v) is 8.02. The minimum absolute atomic E-state index is 0. The van der Waals surface area contributed by atoms with E-state index < -0.39 is 10.0 Å². The molecule has 1 N–H and O–H groups in total. The first-order chi connectivity index (χ1) is 11.9. The molecule has 0 amide bonds. The normalized spacial score (nSPS) is 17.8. The van der Waals surface area contributed by atoms with Gasteiger partial charge in [0.15, 0.2) is 5.82 Å². The second kappa shape index (κ2) is 8.79. The summed E-state index contributed by atoms with van der Waals surface area (Å²) in [4.78, 5) is 5.05. The fourth-order valence-electron chi connectivity index (χ4n) is 2.74. The third kappa shape index (κ3) is 4.64. The molecule has 0 radical (unpaired) electrons. The zero-order chi connectivity index (χ0) is 18.0. The van der Waals surface area contributed by atoms with Crippen molar-refractivity contribution in [2.45, 2.75) is 43.4 Å². The molecule has 3 rings (SSSR count). The van der Waals surface area contributed by atoms with Crippen LogP contribution in [0.25, 0.3) is 10.8 Å². The smallest absolute Gasteiger partial charge is 0.268 e. The van der Waals surface area contributed by atoms with Crippen LogP contribution in [0.5, 0.6) is 0 Å². The highest BCUT2D eigenvalue weighted by Gasteiger charge is 2.29. The van der Waals surface area contributed by atoms with Gasteiger partial charge in [0.25, 0.3) is 15.9 Å². The van der Waals surface area contributed by atoms with Crippen LogP contribution in [0, 0.1) is 5.92 Å². The molecule has 10 heteroatoms. The number of halogens is 1. The summed E-state index contributed by atoms with van der Waals surface area (Å²) in [5, 5.41) is 7.09. The molecular formula is C16H25ClN4O3S2. The van der Waals surface area contributed by atoms with Gasteiger partial charge in [0, 0.05) is 25.6 Å². The molecule has 0 spiro atoms. The van der Waals surface area contributed by atoms with Gasteiger partial charge in [0.2, 0.25) is 0 Å².